The number of aromatic nitrogens is 6. The average molecular weight is 1700 g/mol. The fourth-order valence-electron chi connectivity index (χ4n) is 15.1. The van der Waals surface area contributed by atoms with Crippen LogP contribution >= 0.6 is 15.9 Å². The van der Waals surface area contributed by atoms with Gasteiger partial charge in [-0.3, -0.25) is 42.5 Å². The molecule has 3 atom stereocenters. The molecule has 15 rings (SSSR count). The predicted octanol–water partition coefficient (Wildman–Crippen LogP) is 17.3. The number of carbonyl (C=O) groups is 3. The van der Waals surface area contributed by atoms with Gasteiger partial charge in [-0.15, -0.1) is 0 Å². The van der Waals surface area contributed by atoms with Crippen molar-refractivity contribution in [1.29, 1.82) is 0 Å². The molecule has 0 fully saturated rings. The van der Waals surface area contributed by atoms with E-state index in [0.717, 1.165) is 16.7 Å². The summed E-state index contributed by atoms with van der Waals surface area (Å²) in [5.74, 6) is -2.24. The van der Waals surface area contributed by atoms with Crippen molar-refractivity contribution in [2.75, 3.05) is 39.3 Å². The maximum Gasteiger partial charge on any atom is 0.297 e. The molecule has 120 heavy (non-hydrogen) atoms. The van der Waals surface area contributed by atoms with Crippen LogP contribution < -0.4 is 33.9 Å². The van der Waals surface area contributed by atoms with Gasteiger partial charge in [0.15, 0.2) is 4.67 Å². The Kier molecular flexibility index (Phi) is 26.2. The van der Waals surface area contributed by atoms with E-state index in [2.05, 4.69) is 15.9 Å². The molecular weight excluding hydrogens is 1610 g/mol. The van der Waals surface area contributed by atoms with E-state index < -0.39 is 63.9 Å². The zero-order valence-corrected chi connectivity index (χ0v) is 69.1. The number of benzene rings is 8. The predicted molar refractivity (Wildman–Crippen MR) is 455 cm³/mol. The number of hydrogen-bond acceptors (Lipinski definition) is 16. The Hall–Kier alpha value is -12.5. The topological polar surface area (TPSA) is 296 Å². The molecule has 3 amide bonds. The molecule has 0 aliphatic carbocycles. The van der Waals surface area contributed by atoms with Gasteiger partial charge in [-0.05, 0) is 206 Å². The molecule has 0 radical (unpaired) electrons. The molecule has 0 aliphatic rings. The van der Waals surface area contributed by atoms with Crippen LogP contribution in [0.4, 0.5) is 22.0 Å². The third kappa shape index (κ3) is 18.2. The highest BCUT2D eigenvalue weighted by Gasteiger charge is 2.38. The van der Waals surface area contributed by atoms with Gasteiger partial charge in [0.2, 0.25) is 16.7 Å². The smallest absolute Gasteiger partial charge is 0.297 e. The lowest BCUT2D eigenvalue weighted by Crippen LogP contribution is -2.43. The lowest BCUT2D eigenvalue weighted by Gasteiger charge is -2.35. The molecule has 7 aromatic heterocycles. The quantitative estimate of drug-likeness (QED) is 0.0448. The van der Waals surface area contributed by atoms with E-state index in [1.807, 2.05) is 98.7 Å². The average Bonchev–Trinajstić information content (AvgIpc) is 1.57. The van der Waals surface area contributed by atoms with Crippen molar-refractivity contribution < 1.29 is 54.0 Å². The Bertz CT molecular complexity index is 6490. The van der Waals surface area contributed by atoms with Crippen molar-refractivity contribution in [3.63, 3.8) is 0 Å². The van der Waals surface area contributed by atoms with Crippen molar-refractivity contribution in [2.24, 2.45) is 35.0 Å². The highest BCUT2D eigenvalue weighted by Crippen LogP contribution is 2.38. The molecule has 15 aromatic rings. The summed E-state index contributed by atoms with van der Waals surface area (Å²) < 4.78 is 99.0. The molecule has 7 heterocycles. The second-order valence-electron chi connectivity index (χ2n) is 30.7. The maximum atomic E-state index is 14.3. The molecule has 0 bridgehead atoms. The number of aryl methyl sites for hydroxylation is 3. The molecule has 0 spiro atoms. The number of nitrogens with zero attached hydrogens (tertiary/aromatic N) is 9. The Morgan fingerprint density at radius 2 is 0.708 bits per heavy atom. The van der Waals surface area contributed by atoms with Crippen LogP contribution in [0.1, 0.15) is 148 Å². The molecular formula is C92H90BrF5N12O10. The van der Waals surface area contributed by atoms with Crippen LogP contribution in [0.5, 0.6) is 0 Å². The van der Waals surface area contributed by atoms with Gasteiger partial charge in [0.25, 0.3) is 34.4 Å². The standard InChI is InChI=1S/C32H32F2N4O3.C31H30F2N4O3.C29H28BrFN4O4/c1-19(2)28(37(15-5-14-35)31(39)22-10-8-20(3)9-11-22)30-36-27-25-17-24(34)12-13-26(25)41-29(27)32(40)38(30)18-21-6-4-7-23(33)16-21;1-18(2)27(36(14-13-34)30(38)21-9-7-19(3)8-10-21)29-35-26-24-16-23(33)11-12-25(24)40-28(26)31(39)37(29)17-20-5-4-6-22(32)15-20;1-16(2)25(34(13-12-32)28(36)18-6-4-17(3)5-7-18)27-33-24-21-14-19(31)8-10-22(21)39-26(24)29(37)35(27)15-20-9-11-23(30)38-20/h4,6-13,16-17,19,28H,5,14-15,18,35H2,1-3H3;4-12,15-16,18,27H,13-14,17,34H2,1-3H3;4-11,14,16,25H,12-13,15,32H2,1-3H3. The molecule has 0 aliphatic heterocycles. The van der Waals surface area contributed by atoms with Crippen molar-refractivity contribution in [3.05, 3.63) is 321 Å². The van der Waals surface area contributed by atoms with Crippen molar-refractivity contribution >= 4 is 99.9 Å². The molecule has 620 valence electrons. The molecule has 0 saturated heterocycles. The fraction of sp³-hybridized carbons (Fsp3) is 0.272. The summed E-state index contributed by atoms with van der Waals surface area (Å²) in [6.07, 6.45) is 0.525. The van der Waals surface area contributed by atoms with Gasteiger partial charge >= 0.3 is 0 Å². The Balaban J connectivity index is 0.000000156. The minimum absolute atomic E-state index is 0.00251. The van der Waals surface area contributed by atoms with Gasteiger partial charge in [0.1, 0.15) is 85.6 Å². The summed E-state index contributed by atoms with van der Waals surface area (Å²) >= 11 is 3.31. The second kappa shape index (κ2) is 36.8. The minimum atomic E-state index is -0.693. The molecule has 3 unspecified atom stereocenters. The highest BCUT2D eigenvalue weighted by molar-refractivity contribution is 9.10. The van der Waals surface area contributed by atoms with E-state index in [1.165, 1.54) is 92.6 Å². The summed E-state index contributed by atoms with van der Waals surface area (Å²) in [4.78, 5) is 103. The largest absolute Gasteiger partial charge is 0.452 e. The summed E-state index contributed by atoms with van der Waals surface area (Å²) in [5, 5.41) is 1.09. The Labute approximate surface area is 694 Å². The Morgan fingerprint density at radius 3 is 1.00 bits per heavy atom. The maximum absolute atomic E-state index is 14.3. The molecule has 22 nitrogen and oxygen atoms in total. The minimum Gasteiger partial charge on any atom is -0.452 e. The van der Waals surface area contributed by atoms with E-state index in [-0.39, 0.29) is 120 Å². The number of amides is 3. The van der Waals surface area contributed by atoms with Gasteiger partial charge in [-0.25, -0.2) is 36.9 Å². The number of halogens is 6. The van der Waals surface area contributed by atoms with Gasteiger partial charge < -0.3 is 49.6 Å². The van der Waals surface area contributed by atoms with E-state index in [0.29, 0.717) is 102 Å². The number of fused-ring (bicyclic) bond motifs is 9. The van der Waals surface area contributed by atoms with Crippen molar-refractivity contribution in [3.8, 4) is 0 Å². The third-order valence-electron chi connectivity index (χ3n) is 20.8. The monoisotopic (exact) mass is 1700 g/mol. The molecule has 6 N–H and O–H groups in total. The summed E-state index contributed by atoms with van der Waals surface area (Å²) in [5.41, 5.74) is 23.5. The van der Waals surface area contributed by atoms with Crippen LogP contribution in [0.2, 0.25) is 0 Å². The molecule has 8 aromatic carbocycles. The van der Waals surface area contributed by atoms with Crippen LogP contribution in [-0.2, 0) is 19.6 Å². The lowest BCUT2D eigenvalue weighted by atomic mass is 9.98. The zero-order valence-electron chi connectivity index (χ0n) is 67.5. The first-order valence-electron chi connectivity index (χ1n) is 39.4. The first-order valence-corrected chi connectivity index (χ1v) is 40.2. The first kappa shape index (κ1) is 85.4. The summed E-state index contributed by atoms with van der Waals surface area (Å²) in [6.45, 7) is 19.0. The van der Waals surface area contributed by atoms with Crippen LogP contribution in [0.25, 0.3) is 66.2 Å². The number of nitrogens with two attached hydrogens (primary N) is 3. The highest BCUT2D eigenvalue weighted by atomic mass is 79.9. The third-order valence-corrected chi connectivity index (χ3v) is 21.2. The summed E-state index contributed by atoms with van der Waals surface area (Å²) in [6, 6.07) is 47.2. The fourth-order valence-corrected chi connectivity index (χ4v) is 15.5. The number of carbonyl (C=O) groups excluding carboxylic acids is 3. The number of furan rings is 4. The van der Waals surface area contributed by atoms with Gasteiger partial charge in [0, 0.05) is 65.6 Å². The van der Waals surface area contributed by atoms with Gasteiger partial charge in [-0.1, -0.05) is 119 Å². The number of rotatable bonds is 25. The first-order chi connectivity index (χ1) is 57.5. The Morgan fingerprint density at radius 1 is 0.392 bits per heavy atom. The normalized spacial score (nSPS) is 12.4. The van der Waals surface area contributed by atoms with E-state index in [1.54, 1.807) is 87.5 Å². The van der Waals surface area contributed by atoms with Gasteiger partial charge in [0.05, 0.1) is 37.8 Å². The van der Waals surface area contributed by atoms with Crippen molar-refractivity contribution in [2.45, 2.75) is 106 Å². The molecule has 28 heteroatoms. The zero-order chi connectivity index (χ0) is 85.7. The van der Waals surface area contributed by atoms with Crippen LogP contribution in [-0.4, -0.2) is 100 Å². The second-order valence-corrected chi connectivity index (χ2v) is 31.5. The molecule has 0 saturated carbocycles. The van der Waals surface area contributed by atoms with Crippen LogP contribution in [0.15, 0.2) is 225 Å². The number of hydrogen-bond donors (Lipinski definition) is 3. The van der Waals surface area contributed by atoms with E-state index in [9.17, 15) is 50.7 Å². The van der Waals surface area contributed by atoms with Gasteiger partial charge in [-0.2, -0.15) is 0 Å². The SMILES string of the molecule is Cc1ccc(C(=O)N(CCCN)C(c2nc3c(oc4ccc(F)cc43)c(=O)n2Cc2cccc(F)c2)C(C)C)cc1.Cc1ccc(C(=O)N(CCN)C(c2nc3c(oc4ccc(F)cc43)c(=O)n2Cc2ccc(Br)o2)C(C)C)cc1.Cc1ccc(C(=O)N(CCN)C(c2nc3c(oc4ccc(F)cc43)c(=O)n2Cc2cccc(F)c2)C(C)C)cc1. The van der Waals surface area contributed by atoms with E-state index in [4.69, 9.17) is 49.8 Å². The van der Waals surface area contributed by atoms with Crippen LogP contribution in [0.3, 0.4) is 0 Å². The lowest BCUT2D eigenvalue weighted by molar-refractivity contribution is 0.0599. The van der Waals surface area contributed by atoms with Crippen molar-refractivity contribution in [1.82, 2.24) is 43.4 Å². The van der Waals surface area contributed by atoms with Crippen LogP contribution in [0, 0.1) is 67.6 Å². The summed E-state index contributed by atoms with van der Waals surface area (Å²) in [7, 11) is 0. The van der Waals surface area contributed by atoms with E-state index >= 15 is 0 Å².